The molecule has 4 heteroatoms. The molecule has 1 unspecified atom stereocenters. The largest absolute Gasteiger partial charge is 0.463 e. The molecule has 9 heavy (non-hydrogen) atoms. The normalized spacial score (nSPS) is 27.7. The van der Waals surface area contributed by atoms with E-state index in [1.165, 1.54) is 0 Å². The van der Waals surface area contributed by atoms with Gasteiger partial charge >= 0.3 is 5.97 Å². The molecule has 0 aromatic carbocycles. The minimum Gasteiger partial charge on any atom is -0.463 e. The van der Waals surface area contributed by atoms with Gasteiger partial charge in [-0.25, -0.2) is 0 Å². The number of hydrogen-bond acceptors (Lipinski definition) is 4. The van der Waals surface area contributed by atoms with E-state index in [2.05, 4.69) is 10.1 Å². The first-order chi connectivity index (χ1) is 4.34. The van der Waals surface area contributed by atoms with Crippen LogP contribution in [0.3, 0.4) is 0 Å². The molecule has 0 saturated carbocycles. The van der Waals surface area contributed by atoms with Crippen LogP contribution in [0, 0.1) is 0 Å². The number of morpholine rings is 1. The van der Waals surface area contributed by atoms with Gasteiger partial charge in [0.2, 0.25) is 0 Å². The van der Waals surface area contributed by atoms with Gasteiger partial charge < -0.3 is 9.84 Å². The van der Waals surface area contributed by atoms with Gasteiger partial charge in [0.05, 0.1) is 6.61 Å². The van der Waals surface area contributed by atoms with Crippen LogP contribution in [-0.4, -0.2) is 36.9 Å². The summed E-state index contributed by atoms with van der Waals surface area (Å²) >= 11 is 0. The molecule has 4 nitrogen and oxygen atoms in total. The Labute approximate surface area is 52.8 Å². The second-order valence-electron chi connectivity index (χ2n) is 1.86. The predicted octanol–water partition coefficient (Wildman–Crippen LogP) is -1.51. The number of nitrogens with one attached hydrogen (secondary N) is 1. The van der Waals surface area contributed by atoms with Gasteiger partial charge in [0, 0.05) is 6.54 Å². The monoisotopic (exact) mass is 131 g/mol. The molecule has 1 aliphatic rings. The number of rotatable bonds is 1. The Morgan fingerprint density at radius 3 is 3.11 bits per heavy atom. The lowest BCUT2D eigenvalue weighted by atomic mass is 10.3. The lowest BCUT2D eigenvalue weighted by molar-refractivity contribution is -0.150. The Morgan fingerprint density at radius 2 is 2.67 bits per heavy atom. The molecule has 0 aromatic rings. The fraction of sp³-hybridized carbons (Fsp3) is 0.800. The van der Waals surface area contributed by atoms with Gasteiger partial charge in [-0.3, -0.25) is 10.1 Å². The summed E-state index contributed by atoms with van der Waals surface area (Å²) in [6.45, 7) is 0.866. The summed E-state index contributed by atoms with van der Waals surface area (Å²) in [5.41, 5.74) is 0. The standard InChI is InChI=1S/C5H9NO3/c7-3-4-5(8)9-2-1-6-4/h4,6-7H,1-3H2. The van der Waals surface area contributed by atoms with Gasteiger partial charge in [-0.2, -0.15) is 0 Å². The summed E-state index contributed by atoms with van der Waals surface area (Å²) in [5.74, 6) is -0.358. The van der Waals surface area contributed by atoms with Crippen LogP contribution in [-0.2, 0) is 9.53 Å². The van der Waals surface area contributed by atoms with Crippen LogP contribution in [0.5, 0.6) is 0 Å². The van der Waals surface area contributed by atoms with Crippen LogP contribution in [0.4, 0.5) is 0 Å². The van der Waals surface area contributed by atoms with Gasteiger partial charge in [-0.1, -0.05) is 0 Å². The fourth-order valence-electron chi connectivity index (χ4n) is 0.708. The molecule has 52 valence electrons. The Balaban J connectivity index is 2.39. The van der Waals surface area contributed by atoms with E-state index in [-0.39, 0.29) is 12.6 Å². The van der Waals surface area contributed by atoms with Crippen molar-refractivity contribution in [3.8, 4) is 0 Å². The third-order valence-corrected chi connectivity index (χ3v) is 1.20. The van der Waals surface area contributed by atoms with Gasteiger partial charge in [-0.15, -0.1) is 0 Å². The topological polar surface area (TPSA) is 58.6 Å². The first-order valence-electron chi connectivity index (χ1n) is 2.85. The van der Waals surface area contributed by atoms with Crippen molar-refractivity contribution in [1.29, 1.82) is 0 Å². The van der Waals surface area contributed by atoms with Crippen molar-refractivity contribution in [3.05, 3.63) is 0 Å². The second kappa shape index (κ2) is 2.80. The van der Waals surface area contributed by atoms with Crippen molar-refractivity contribution >= 4 is 5.97 Å². The Bertz CT molecular complexity index is 115. The lowest BCUT2D eigenvalue weighted by Crippen LogP contribution is -2.47. The molecule has 0 aromatic heterocycles. The third-order valence-electron chi connectivity index (χ3n) is 1.20. The average Bonchev–Trinajstić information content (AvgIpc) is 1.89. The minimum absolute atomic E-state index is 0.182. The van der Waals surface area contributed by atoms with Crippen LogP contribution < -0.4 is 5.32 Å². The quantitative estimate of drug-likeness (QED) is 0.425. The molecule has 1 atom stereocenters. The average molecular weight is 131 g/mol. The van der Waals surface area contributed by atoms with Crippen molar-refractivity contribution in [2.24, 2.45) is 0 Å². The molecule has 1 fully saturated rings. The van der Waals surface area contributed by atoms with Crippen LogP contribution >= 0.6 is 0 Å². The summed E-state index contributed by atoms with van der Waals surface area (Å²) in [4.78, 5) is 10.6. The highest BCUT2D eigenvalue weighted by Crippen LogP contribution is 1.92. The molecule has 0 aliphatic carbocycles. The van der Waals surface area contributed by atoms with E-state index in [9.17, 15) is 4.79 Å². The van der Waals surface area contributed by atoms with Gasteiger partial charge in [0.1, 0.15) is 12.6 Å². The highest BCUT2D eigenvalue weighted by molar-refractivity contribution is 5.76. The molecular weight excluding hydrogens is 122 g/mol. The predicted molar refractivity (Wildman–Crippen MR) is 29.8 cm³/mol. The maximum atomic E-state index is 10.6. The Kier molecular flexibility index (Phi) is 2.02. The van der Waals surface area contributed by atoms with Gasteiger partial charge in [0.25, 0.3) is 0 Å². The zero-order valence-corrected chi connectivity index (χ0v) is 4.96. The number of aliphatic hydroxyl groups is 1. The maximum absolute atomic E-state index is 10.6. The highest BCUT2D eigenvalue weighted by atomic mass is 16.5. The highest BCUT2D eigenvalue weighted by Gasteiger charge is 2.21. The van der Waals surface area contributed by atoms with Crippen LogP contribution in [0.25, 0.3) is 0 Å². The summed E-state index contributed by atoms with van der Waals surface area (Å²) in [6, 6.07) is -0.501. The minimum atomic E-state index is -0.501. The van der Waals surface area contributed by atoms with Gasteiger partial charge in [0.15, 0.2) is 0 Å². The van der Waals surface area contributed by atoms with Gasteiger partial charge in [-0.05, 0) is 0 Å². The number of esters is 1. The molecule has 0 amide bonds. The van der Waals surface area contributed by atoms with Crippen molar-refractivity contribution in [2.45, 2.75) is 6.04 Å². The SMILES string of the molecule is O=C1OCCNC1CO. The molecule has 0 spiro atoms. The Morgan fingerprint density at radius 1 is 1.89 bits per heavy atom. The molecule has 1 heterocycles. The van der Waals surface area contributed by atoms with E-state index in [1.807, 2.05) is 0 Å². The molecule has 0 bridgehead atoms. The zero-order valence-electron chi connectivity index (χ0n) is 4.96. The number of hydrogen-bond donors (Lipinski definition) is 2. The first-order valence-corrected chi connectivity index (χ1v) is 2.85. The van der Waals surface area contributed by atoms with Crippen molar-refractivity contribution in [1.82, 2.24) is 5.32 Å². The lowest BCUT2D eigenvalue weighted by Gasteiger charge is -2.19. The van der Waals surface area contributed by atoms with E-state index in [1.54, 1.807) is 0 Å². The second-order valence-corrected chi connectivity index (χ2v) is 1.86. The molecule has 1 aliphatic heterocycles. The molecule has 1 rings (SSSR count). The molecule has 2 N–H and O–H groups in total. The number of carbonyl (C=O) groups excluding carboxylic acids is 1. The number of ether oxygens (including phenoxy) is 1. The van der Waals surface area contributed by atoms with Crippen molar-refractivity contribution in [3.63, 3.8) is 0 Å². The summed E-state index contributed by atoms with van der Waals surface area (Å²) in [6.07, 6.45) is 0. The number of carbonyl (C=O) groups is 1. The summed E-state index contributed by atoms with van der Waals surface area (Å²) in [7, 11) is 0. The maximum Gasteiger partial charge on any atom is 0.325 e. The molecule has 1 saturated heterocycles. The third kappa shape index (κ3) is 1.40. The summed E-state index contributed by atoms with van der Waals surface area (Å²) in [5, 5.41) is 11.3. The molecular formula is C5H9NO3. The fourth-order valence-corrected chi connectivity index (χ4v) is 0.708. The van der Waals surface area contributed by atoms with E-state index in [0.717, 1.165) is 0 Å². The van der Waals surface area contributed by atoms with Crippen LogP contribution in [0.1, 0.15) is 0 Å². The zero-order chi connectivity index (χ0) is 6.69. The smallest absolute Gasteiger partial charge is 0.325 e. The number of aliphatic hydroxyl groups excluding tert-OH is 1. The van der Waals surface area contributed by atoms with Crippen molar-refractivity contribution < 1.29 is 14.6 Å². The van der Waals surface area contributed by atoms with E-state index in [0.29, 0.717) is 13.2 Å². The van der Waals surface area contributed by atoms with Crippen LogP contribution in [0.15, 0.2) is 0 Å². The Hall–Kier alpha value is -0.610. The number of cyclic esters (lactones) is 1. The van der Waals surface area contributed by atoms with Crippen LogP contribution in [0.2, 0.25) is 0 Å². The molecule has 0 radical (unpaired) electrons. The first kappa shape index (κ1) is 6.51. The van der Waals surface area contributed by atoms with Crippen molar-refractivity contribution in [2.75, 3.05) is 19.8 Å². The van der Waals surface area contributed by atoms with E-state index in [4.69, 9.17) is 5.11 Å². The van der Waals surface area contributed by atoms with E-state index < -0.39 is 6.04 Å². The summed E-state index contributed by atoms with van der Waals surface area (Å²) < 4.78 is 4.62. The van der Waals surface area contributed by atoms with E-state index >= 15 is 0 Å².